The van der Waals surface area contributed by atoms with Crippen LogP contribution in [0.2, 0.25) is 0 Å². The highest BCUT2D eigenvalue weighted by molar-refractivity contribution is 5.88. The van der Waals surface area contributed by atoms with Crippen molar-refractivity contribution in [1.29, 1.82) is 0 Å². The van der Waals surface area contributed by atoms with Crippen LogP contribution in [-0.4, -0.2) is 70.5 Å². The summed E-state index contributed by atoms with van der Waals surface area (Å²) in [7, 11) is 0. The lowest BCUT2D eigenvalue weighted by molar-refractivity contribution is -0.158. The predicted molar refractivity (Wildman–Crippen MR) is 81.5 cm³/mol. The normalized spacial score (nSPS) is 61.9. The molecule has 26 heavy (non-hydrogen) atoms. The van der Waals surface area contributed by atoms with Gasteiger partial charge in [-0.05, 0) is 19.4 Å². The van der Waals surface area contributed by atoms with Gasteiger partial charge in [0, 0.05) is 17.4 Å². The highest BCUT2D eigenvalue weighted by Crippen LogP contribution is 2.75. The number of hydrogen-bond acceptors (Lipinski definition) is 8. The second-order valence-electron chi connectivity index (χ2n) is 8.87. The van der Waals surface area contributed by atoms with Gasteiger partial charge in [0.2, 0.25) is 0 Å². The fourth-order valence-electron chi connectivity index (χ4n) is 6.57. The summed E-state index contributed by atoms with van der Waals surface area (Å²) in [6.07, 6.45) is -3.24. The predicted octanol–water partition coefficient (Wildman–Crippen LogP) is -0.934. The van der Waals surface area contributed by atoms with Crippen molar-refractivity contribution in [2.24, 2.45) is 16.7 Å². The topological polar surface area (TPSA) is 118 Å². The van der Waals surface area contributed by atoms with Crippen LogP contribution in [0.5, 0.6) is 0 Å². The number of esters is 2. The van der Waals surface area contributed by atoms with Gasteiger partial charge in [-0.1, -0.05) is 6.92 Å². The van der Waals surface area contributed by atoms with Crippen LogP contribution in [0.3, 0.4) is 0 Å². The van der Waals surface area contributed by atoms with Crippen molar-refractivity contribution in [1.82, 2.24) is 0 Å². The Bertz CT molecular complexity index is 805. The first-order valence-corrected chi connectivity index (χ1v) is 9.02. The van der Waals surface area contributed by atoms with E-state index in [9.17, 15) is 19.8 Å². The molecule has 0 amide bonds. The maximum Gasteiger partial charge on any atom is 0.331 e. The highest BCUT2D eigenvalue weighted by Gasteiger charge is 2.89. The molecule has 5 fully saturated rings. The molecule has 0 aromatic carbocycles. The number of ether oxygens (including phenoxy) is 4. The van der Waals surface area contributed by atoms with E-state index in [2.05, 4.69) is 0 Å². The van der Waals surface area contributed by atoms with Crippen molar-refractivity contribution in [3.05, 3.63) is 11.6 Å². The summed E-state index contributed by atoms with van der Waals surface area (Å²) in [5, 5.41) is 21.0. The maximum absolute atomic E-state index is 12.8. The van der Waals surface area contributed by atoms with Crippen LogP contribution in [0, 0.1) is 16.7 Å². The number of carbonyl (C=O) groups excluding carboxylic acids is 2. The fraction of sp³-hybridized carbons (Fsp3) is 0.778. The van der Waals surface area contributed by atoms with Gasteiger partial charge < -0.3 is 29.2 Å². The van der Waals surface area contributed by atoms with E-state index in [0.717, 1.165) is 0 Å². The van der Waals surface area contributed by atoms with Crippen molar-refractivity contribution in [2.45, 2.75) is 69.1 Å². The number of aliphatic hydroxyl groups excluding tert-OH is 2. The summed E-state index contributed by atoms with van der Waals surface area (Å²) < 4.78 is 23.0. The molecule has 2 saturated carbocycles. The summed E-state index contributed by atoms with van der Waals surface area (Å²) in [4.78, 5) is 25.0. The first-order chi connectivity index (χ1) is 12.2. The molecule has 0 unspecified atom stereocenters. The molecule has 2 aliphatic carbocycles. The van der Waals surface area contributed by atoms with Crippen LogP contribution in [0.4, 0.5) is 0 Å². The van der Waals surface area contributed by atoms with Crippen molar-refractivity contribution >= 4 is 11.9 Å². The van der Waals surface area contributed by atoms with Gasteiger partial charge in [-0.15, -0.1) is 0 Å². The minimum absolute atomic E-state index is 0.332. The SMILES string of the molecule is C[C@H](O)[C@H]1OC(=O)C=C2[C@]3(C)[C@@H]4[C@H](OC(=O)[C@@]4(C)[C@@H](O)[C@@H]4O[C@@H]43)[C@H]3O[C@]231. The Morgan fingerprint density at radius 3 is 2.54 bits per heavy atom. The average Bonchev–Trinajstić information content (AvgIpc) is 3.46. The molecular weight excluding hydrogens is 344 g/mol. The van der Waals surface area contributed by atoms with Gasteiger partial charge in [0.25, 0.3) is 0 Å². The highest BCUT2D eigenvalue weighted by atomic mass is 16.7. The molecule has 0 aromatic heterocycles. The van der Waals surface area contributed by atoms with Crippen LogP contribution in [0.25, 0.3) is 0 Å². The van der Waals surface area contributed by atoms with E-state index in [1.54, 1.807) is 13.8 Å². The molecule has 3 saturated heterocycles. The molecule has 0 radical (unpaired) electrons. The van der Waals surface area contributed by atoms with Gasteiger partial charge in [-0.25, -0.2) is 4.79 Å². The number of epoxide rings is 2. The standard InChI is InChI=1S/C18H20O8/c1-5(19)12-18-6(4-7(20)23-12)16(2)10-8(14(18)26-18)25-15(22)17(10,3)11(21)9-13(16)24-9/h4-5,8-14,19,21H,1-3H3/t5-,8-,9-,10-,11-,12+,13-,14+,16+,17+,18-/m0/s1. The van der Waals surface area contributed by atoms with Gasteiger partial charge in [0.15, 0.2) is 11.7 Å². The van der Waals surface area contributed by atoms with Crippen LogP contribution in [-0.2, 0) is 28.5 Å². The average molecular weight is 364 g/mol. The molecule has 140 valence electrons. The molecule has 4 heterocycles. The molecule has 4 aliphatic heterocycles. The first-order valence-electron chi connectivity index (χ1n) is 9.02. The van der Waals surface area contributed by atoms with E-state index in [1.807, 2.05) is 6.92 Å². The van der Waals surface area contributed by atoms with Gasteiger partial charge in [-0.2, -0.15) is 0 Å². The van der Waals surface area contributed by atoms with Crippen molar-refractivity contribution in [3.63, 3.8) is 0 Å². The van der Waals surface area contributed by atoms with E-state index in [4.69, 9.17) is 18.9 Å². The zero-order valence-corrected chi connectivity index (χ0v) is 14.5. The Kier molecular flexibility index (Phi) is 2.40. The fourth-order valence-corrected chi connectivity index (χ4v) is 6.57. The first kappa shape index (κ1) is 15.6. The van der Waals surface area contributed by atoms with Crippen LogP contribution < -0.4 is 0 Å². The molecule has 8 nitrogen and oxygen atoms in total. The summed E-state index contributed by atoms with van der Waals surface area (Å²) in [6, 6.07) is 0. The molecule has 8 heteroatoms. The minimum Gasteiger partial charge on any atom is -0.459 e. The quantitative estimate of drug-likeness (QED) is 0.452. The summed E-state index contributed by atoms with van der Waals surface area (Å²) in [5.74, 6) is -1.39. The van der Waals surface area contributed by atoms with Crippen LogP contribution in [0.15, 0.2) is 11.6 Å². The number of aliphatic hydroxyl groups is 2. The second-order valence-corrected chi connectivity index (χ2v) is 8.87. The van der Waals surface area contributed by atoms with Gasteiger partial charge >= 0.3 is 11.9 Å². The number of carbonyl (C=O) groups is 2. The summed E-state index contributed by atoms with van der Waals surface area (Å²) >= 11 is 0. The lowest BCUT2D eigenvalue weighted by Gasteiger charge is -2.53. The number of rotatable bonds is 1. The zero-order chi connectivity index (χ0) is 18.4. The van der Waals surface area contributed by atoms with Crippen molar-refractivity contribution in [3.8, 4) is 0 Å². The lowest BCUT2D eigenvalue weighted by Crippen LogP contribution is -2.66. The molecule has 1 spiro atoms. The minimum atomic E-state index is -1.13. The Balaban J connectivity index is 1.60. The third-order valence-corrected chi connectivity index (χ3v) is 7.70. The number of hydrogen-bond donors (Lipinski definition) is 2. The largest absolute Gasteiger partial charge is 0.459 e. The van der Waals surface area contributed by atoms with Gasteiger partial charge in [-0.3, -0.25) is 4.79 Å². The third kappa shape index (κ3) is 1.30. The molecular formula is C18H20O8. The van der Waals surface area contributed by atoms with Gasteiger partial charge in [0.1, 0.15) is 23.7 Å². The van der Waals surface area contributed by atoms with Gasteiger partial charge in [0.05, 0.1) is 18.3 Å². The van der Waals surface area contributed by atoms with Crippen molar-refractivity contribution in [2.75, 3.05) is 0 Å². The Morgan fingerprint density at radius 1 is 1.12 bits per heavy atom. The molecule has 0 bridgehead atoms. The van der Waals surface area contributed by atoms with Crippen LogP contribution in [0.1, 0.15) is 20.8 Å². The Morgan fingerprint density at radius 2 is 1.85 bits per heavy atom. The number of fused-ring (bicyclic) bond motifs is 4. The third-order valence-electron chi connectivity index (χ3n) is 7.70. The molecule has 0 aromatic rings. The lowest BCUT2D eigenvalue weighted by atomic mass is 9.46. The maximum atomic E-state index is 12.8. The molecule has 2 N–H and O–H groups in total. The summed E-state index contributed by atoms with van der Waals surface area (Å²) in [6.45, 7) is 5.21. The molecule has 11 atom stereocenters. The smallest absolute Gasteiger partial charge is 0.331 e. The summed E-state index contributed by atoms with van der Waals surface area (Å²) in [5.41, 5.74) is -2.16. The Hall–Kier alpha value is -1.48. The zero-order valence-electron chi connectivity index (χ0n) is 14.5. The van der Waals surface area contributed by atoms with E-state index >= 15 is 0 Å². The second kappa shape index (κ2) is 4.01. The van der Waals surface area contributed by atoms with Crippen LogP contribution >= 0.6 is 0 Å². The van der Waals surface area contributed by atoms with E-state index in [1.165, 1.54) is 6.08 Å². The molecule has 6 rings (SSSR count). The Labute approximate surface area is 149 Å². The van der Waals surface area contributed by atoms with E-state index in [0.29, 0.717) is 5.57 Å². The molecule has 6 aliphatic rings. The van der Waals surface area contributed by atoms with Crippen molar-refractivity contribution < 1.29 is 38.7 Å². The monoisotopic (exact) mass is 364 g/mol. The van der Waals surface area contributed by atoms with E-state index < -0.39 is 65.0 Å². The van der Waals surface area contributed by atoms with E-state index in [-0.39, 0.29) is 12.0 Å². The number of cyclic esters (lactones) is 1.